The lowest BCUT2D eigenvalue weighted by Gasteiger charge is -2.32. The van der Waals surface area contributed by atoms with Crippen molar-refractivity contribution in [2.24, 2.45) is 5.73 Å². The average Bonchev–Trinajstić information content (AvgIpc) is 2.50. The summed E-state index contributed by atoms with van der Waals surface area (Å²) in [7, 11) is 0. The molecule has 0 bridgehead atoms. The summed E-state index contributed by atoms with van der Waals surface area (Å²) in [6.07, 6.45) is 2.91. The number of hydrogen-bond acceptors (Lipinski definition) is 3. The smallest absolute Gasteiger partial charge is 0.253 e. The van der Waals surface area contributed by atoms with Crippen LogP contribution in [0.15, 0.2) is 18.2 Å². The number of nitrogens with zero attached hydrogens (tertiary/aromatic N) is 1. The fourth-order valence-electron chi connectivity index (χ4n) is 2.47. The standard InChI is InChI=1S/C16H23ClN2O2/c1-12-3-4-13(11-15(12)17)16(20)19-8-5-14(6-9-19)21-10-2-7-18/h3-4,11,14H,2,5-10,18H2,1H3. The predicted molar refractivity (Wildman–Crippen MR) is 84.7 cm³/mol. The Labute approximate surface area is 131 Å². The summed E-state index contributed by atoms with van der Waals surface area (Å²) >= 11 is 6.09. The molecule has 0 aliphatic carbocycles. The molecule has 0 radical (unpaired) electrons. The van der Waals surface area contributed by atoms with E-state index in [-0.39, 0.29) is 12.0 Å². The third-order valence-corrected chi connectivity index (χ3v) is 4.26. The first-order valence-electron chi connectivity index (χ1n) is 7.49. The topological polar surface area (TPSA) is 55.6 Å². The molecule has 1 heterocycles. The van der Waals surface area contributed by atoms with Crippen molar-refractivity contribution in [2.75, 3.05) is 26.2 Å². The normalized spacial score (nSPS) is 16.2. The van der Waals surface area contributed by atoms with Gasteiger partial charge in [0.05, 0.1) is 6.10 Å². The second-order valence-corrected chi connectivity index (χ2v) is 5.88. The van der Waals surface area contributed by atoms with Gasteiger partial charge in [-0.1, -0.05) is 17.7 Å². The van der Waals surface area contributed by atoms with Gasteiger partial charge < -0.3 is 15.4 Å². The number of halogens is 1. The van der Waals surface area contributed by atoms with Crippen molar-refractivity contribution >= 4 is 17.5 Å². The lowest BCUT2D eigenvalue weighted by Crippen LogP contribution is -2.41. The monoisotopic (exact) mass is 310 g/mol. The maximum atomic E-state index is 12.4. The van der Waals surface area contributed by atoms with Gasteiger partial charge in [-0.3, -0.25) is 4.79 Å². The van der Waals surface area contributed by atoms with Gasteiger partial charge in [-0.15, -0.1) is 0 Å². The number of aryl methyl sites for hydroxylation is 1. The number of carbonyl (C=O) groups excluding carboxylic acids is 1. The van der Waals surface area contributed by atoms with Gasteiger partial charge in [0.15, 0.2) is 0 Å². The highest BCUT2D eigenvalue weighted by molar-refractivity contribution is 6.31. The Balaban J connectivity index is 1.86. The molecule has 1 aromatic carbocycles. The Morgan fingerprint density at radius 2 is 2.14 bits per heavy atom. The Morgan fingerprint density at radius 1 is 1.43 bits per heavy atom. The number of carbonyl (C=O) groups is 1. The van der Waals surface area contributed by atoms with Crippen LogP contribution >= 0.6 is 11.6 Å². The van der Waals surface area contributed by atoms with Gasteiger partial charge in [-0.05, 0) is 50.4 Å². The lowest BCUT2D eigenvalue weighted by molar-refractivity contribution is 0.00845. The molecule has 1 fully saturated rings. The minimum absolute atomic E-state index is 0.0531. The van der Waals surface area contributed by atoms with E-state index in [1.165, 1.54) is 0 Å². The minimum Gasteiger partial charge on any atom is -0.378 e. The maximum absolute atomic E-state index is 12.4. The first-order valence-corrected chi connectivity index (χ1v) is 7.86. The average molecular weight is 311 g/mol. The van der Waals surface area contributed by atoms with E-state index in [1.807, 2.05) is 24.0 Å². The second-order valence-electron chi connectivity index (χ2n) is 5.47. The third kappa shape index (κ3) is 4.43. The minimum atomic E-state index is 0.0531. The van der Waals surface area contributed by atoms with Crippen LogP contribution in [0.5, 0.6) is 0 Å². The Kier molecular flexibility index (Phi) is 6.03. The van der Waals surface area contributed by atoms with Crippen molar-refractivity contribution in [3.05, 3.63) is 34.3 Å². The summed E-state index contributed by atoms with van der Waals surface area (Å²) in [4.78, 5) is 14.3. The fourth-order valence-corrected chi connectivity index (χ4v) is 2.65. The van der Waals surface area contributed by atoms with E-state index in [1.54, 1.807) is 6.07 Å². The predicted octanol–water partition coefficient (Wildman–Crippen LogP) is 2.62. The van der Waals surface area contributed by atoms with Gasteiger partial charge in [0.1, 0.15) is 0 Å². The van der Waals surface area contributed by atoms with Crippen LogP contribution in [0, 0.1) is 6.92 Å². The Hall–Kier alpha value is -1.10. The molecule has 1 amide bonds. The highest BCUT2D eigenvalue weighted by atomic mass is 35.5. The van der Waals surface area contributed by atoms with E-state index in [0.717, 1.165) is 37.9 Å². The number of hydrogen-bond donors (Lipinski definition) is 1. The van der Waals surface area contributed by atoms with E-state index in [2.05, 4.69) is 0 Å². The fraction of sp³-hybridized carbons (Fsp3) is 0.562. The molecular weight excluding hydrogens is 288 g/mol. The summed E-state index contributed by atoms with van der Waals surface area (Å²) in [6, 6.07) is 5.48. The van der Waals surface area contributed by atoms with E-state index in [9.17, 15) is 4.79 Å². The molecule has 5 heteroatoms. The molecule has 1 aliphatic rings. The SMILES string of the molecule is Cc1ccc(C(=O)N2CCC(OCCCN)CC2)cc1Cl. The zero-order valence-corrected chi connectivity index (χ0v) is 13.2. The second kappa shape index (κ2) is 7.78. The van der Waals surface area contributed by atoms with Gasteiger partial charge in [-0.2, -0.15) is 0 Å². The summed E-state index contributed by atoms with van der Waals surface area (Å²) in [5.74, 6) is 0.0531. The molecule has 21 heavy (non-hydrogen) atoms. The van der Waals surface area contributed by atoms with E-state index >= 15 is 0 Å². The van der Waals surface area contributed by atoms with Crippen LogP contribution in [0.25, 0.3) is 0 Å². The van der Waals surface area contributed by atoms with Crippen LogP contribution < -0.4 is 5.73 Å². The van der Waals surface area contributed by atoms with Gasteiger partial charge >= 0.3 is 0 Å². The van der Waals surface area contributed by atoms with Crippen LogP contribution in [0.4, 0.5) is 0 Å². The zero-order valence-electron chi connectivity index (χ0n) is 12.5. The number of amides is 1. The molecule has 1 saturated heterocycles. The van der Waals surface area contributed by atoms with Gasteiger partial charge in [0, 0.05) is 30.3 Å². The molecule has 2 rings (SSSR count). The molecule has 1 aliphatic heterocycles. The van der Waals surface area contributed by atoms with Gasteiger partial charge in [0.2, 0.25) is 0 Å². The zero-order chi connectivity index (χ0) is 15.2. The Bertz CT molecular complexity index is 485. The number of benzene rings is 1. The first-order chi connectivity index (χ1) is 10.1. The first kappa shape index (κ1) is 16.3. The molecule has 0 unspecified atom stereocenters. The number of piperidine rings is 1. The van der Waals surface area contributed by atoms with Crippen LogP contribution in [0.3, 0.4) is 0 Å². The van der Waals surface area contributed by atoms with Crippen LogP contribution in [0.1, 0.15) is 35.2 Å². The number of nitrogens with two attached hydrogens (primary N) is 1. The molecule has 1 aromatic rings. The summed E-state index contributed by atoms with van der Waals surface area (Å²) in [5, 5.41) is 0.640. The number of ether oxygens (including phenoxy) is 1. The van der Waals surface area contributed by atoms with Crippen molar-refractivity contribution in [1.29, 1.82) is 0 Å². The molecular formula is C16H23ClN2O2. The van der Waals surface area contributed by atoms with E-state index < -0.39 is 0 Å². The lowest BCUT2D eigenvalue weighted by atomic mass is 10.1. The summed E-state index contributed by atoms with van der Waals surface area (Å²) < 4.78 is 5.75. The highest BCUT2D eigenvalue weighted by Gasteiger charge is 2.24. The highest BCUT2D eigenvalue weighted by Crippen LogP contribution is 2.20. The number of rotatable bonds is 5. The molecule has 116 valence electrons. The van der Waals surface area contributed by atoms with E-state index in [0.29, 0.717) is 23.7 Å². The van der Waals surface area contributed by atoms with Crippen molar-refractivity contribution in [3.8, 4) is 0 Å². The third-order valence-electron chi connectivity index (χ3n) is 3.85. The maximum Gasteiger partial charge on any atom is 0.253 e. The van der Waals surface area contributed by atoms with Crippen LogP contribution in [0.2, 0.25) is 5.02 Å². The summed E-state index contributed by atoms with van der Waals surface area (Å²) in [5.41, 5.74) is 7.10. The van der Waals surface area contributed by atoms with Crippen molar-refractivity contribution in [1.82, 2.24) is 4.90 Å². The van der Waals surface area contributed by atoms with Gasteiger partial charge in [-0.25, -0.2) is 0 Å². The quantitative estimate of drug-likeness (QED) is 0.851. The molecule has 0 saturated carbocycles. The molecule has 0 spiro atoms. The summed E-state index contributed by atoms with van der Waals surface area (Å²) in [6.45, 7) is 4.77. The van der Waals surface area contributed by atoms with Gasteiger partial charge in [0.25, 0.3) is 5.91 Å². The Morgan fingerprint density at radius 3 is 2.76 bits per heavy atom. The van der Waals surface area contributed by atoms with Crippen molar-refractivity contribution in [3.63, 3.8) is 0 Å². The molecule has 0 aromatic heterocycles. The van der Waals surface area contributed by atoms with Crippen LogP contribution in [-0.4, -0.2) is 43.2 Å². The van der Waals surface area contributed by atoms with Crippen molar-refractivity contribution < 1.29 is 9.53 Å². The van der Waals surface area contributed by atoms with Crippen molar-refractivity contribution in [2.45, 2.75) is 32.3 Å². The molecule has 2 N–H and O–H groups in total. The number of likely N-dealkylation sites (tertiary alicyclic amines) is 1. The molecule has 0 atom stereocenters. The van der Waals surface area contributed by atoms with E-state index in [4.69, 9.17) is 22.1 Å². The van der Waals surface area contributed by atoms with Crippen LogP contribution in [-0.2, 0) is 4.74 Å². The largest absolute Gasteiger partial charge is 0.378 e. The molecule has 4 nitrogen and oxygen atoms in total.